The zero-order valence-electron chi connectivity index (χ0n) is 21.8. The summed E-state index contributed by atoms with van der Waals surface area (Å²) in [6.45, 7) is 0.168. The normalized spacial score (nSPS) is 20.9. The first-order valence-electron chi connectivity index (χ1n) is 12.6. The summed E-state index contributed by atoms with van der Waals surface area (Å²) in [5.74, 6) is 5.11. The Bertz CT molecular complexity index is 957. The Labute approximate surface area is 224 Å². The van der Waals surface area contributed by atoms with Crippen LogP contribution in [0.25, 0.3) is 0 Å². The van der Waals surface area contributed by atoms with E-state index in [9.17, 15) is 24.0 Å². The first-order chi connectivity index (χ1) is 18.1. The lowest BCUT2D eigenvalue weighted by atomic mass is 9.69. The van der Waals surface area contributed by atoms with Gasteiger partial charge in [-0.05, 0) is 44.4 Å². The number of rotatable bonds is 15. The lowest BCUT2D eigenvalue weighted by molar-refractivity contribution is -0.157. The van der Waals surface area contributed by atoms with Crippen LogP contribution >= 0.6 is 0 Å². The van der Waals surface area contributed by atoms with Crippen LogP contribution in [-0.4, -0.2) is 61.9 Å². The van der Waals surface area contributed by atoms with Crippen molar-refractivity contribution in [3.63, 3.8) is 0 Å². The van der Waals surface area contributed by atoms with Gasteiger partial charge in [0.15, 0.2) is 0 Å². The summed E-state index contributed by atoms with van der Waals surface area (Å²) in [5, 5.41) is 10.9. The first kappa shape index (κ1) is 30.3. The molecule has 10 heteroatoms. The molecule has 0 heterocycles. The van der Waals surface area contributed by atoms with E-state index >= 15 is 0 Å². The topological polar surface area (TPSA) is 143 Å². The Morgan fingerprint density at radius 2 is 1.21 bits per heavy atom. The Morgan fingerprint density at radius 1 is 0.789 bits per heavy atom. The molecule has 4 N–H and O–H groups in total. The zero-order chi connectivity index (χ0) is 28.2. The number of carbonyl (C=O) groups is 5. The third kappa shape index (κ3) is 8.02. The molecule has 3 saturated carbocycles. The van der Waals surface area contributed by atoms with Crippen molar-refractivity contribution in [1.29, 1.82) is 0 Å². The molecular formula is C28H36N4O6. The van der Waals surface area contributed by atoms with Gasteiger partial charge < -0.3 is 26.0 Å². The highest BCUT2D eigenvalue weighted by Crippen LogP contribution is 2.62. The highest BCUT2D eigenvalue weighted by molar-refractivity contribution is 5.86. The second-order valence-corrected chi connectivity index (χ2v) is 9.96. The number of fused-ring (bicyclic) bond motifs is 1. The average molecular weight is 525 g/mol. The smallest absolute Gasteiger partial charge is 0.311 e. The van der Waals surface area contributed by atoms with E-state index in [4.69, 9.17) is 24.0 Å². The van der Waals surface area contributed by atoms with Crippen molar-refractivity contribution < 1.29 is 28.7 Å². The van der Waals surface area contributed by atoms with Crippen molar-refractivity contribution in [2.45, 2.75) is 63.3 Å². The van der Waals surface area contributed by atoms with Crippen molar-refractivity contribution in [2.24, 2.45) is 17.3 Å². The third-order valence-electron chi connectivity index (χ3n) is 7.48. The Hall–Kier alpha value is -3.97. The molecule has 3 fully saturated rings. The number of terminal acetylenes is 3. The van der Waals surface area contributed by atoms with Gasteiger partial charge in [-0.1, -0.05) is 17.8 Å². The van der Waals surface area contributed by atoms with Crippen molar-refractivity contribution in [3.8, 4) is 37.0 Å². The number of amides is 4. The quantitative estimate of drug-likeness (QED) is 0.176. The lowest BCUT2D eigenvalue weighted by Gasteiger charge is -2.37. The van der Waals surface area contributed by atoms with Crippen LogP contribution in [0, 0.1) is 54.3 Å². The molecule has 0 radical (unpaired) electrons. The molecule has 1 atom stereocenters. The molecule has 0 saturated heterocycles. The first-order valence-corrected chi connectivity index (χ1v) is 12.6. The molecule has 0 spiro atoms. The molecule has 0 aromatic heterocycles. The van der Waals surface area contributed by atoms with E-state index in [-0.39, 0.29) is 93.7 Å². The average Bonchev–Trinajstić information content (AvgIpc) is 3.47. The van der Waals surface area contributed by atoms with Gasteiger partial charge in [0.1, 0.15) is 0 Å². The van der Waals surface area contributed by atoms with Crippen LogP contribution in [0.15, 0.2) is 0 Å². The minimum Gasteiger partial charge on any atom is -0.469 e. The Balaban J connectivity index is 2.24. The zero-order valence-corrected chi connectivity index (χ0v) is 21.8. The Kier molecular flexibility index (Phi) is 11.2. The van der Waals surface area contributed by atoms with E-state index in [0.29, 0.717) is 19.3 Å². The van der Waals surface area contributed by atoms with Crippen LogP contribution in [0.3, 0.4) is 0 Å². The monoisotopic (exact) mass is 524 g/mol. The predicted molar refractivity (Wildman–Crippen MR) is 139 cm³/mol. The minimum absolute atomic E-state index is 0.0140. The summed E-state index contributed by atoms with van der Waals surface area (Å²) in [7, 11) is 1.34. The van der Waals surface area contributed by atoms with Crippen LogP contribution in [0.5, 0.6) is 0 Å². The molecule has 3 rings (SSSR count). The number of esters is 1. The van der Waals surface area contributed by atoms with Gasteiger partial charge in [0.2, 0.25) is 23.6 Å². The van der Waals surface area contributed by atoms with E-state index in [1.807, 2.05) is 0 Å². The molecule has 4 amide bonds. The van der Waals surface area contributed by atoms with Gasteiger partial charge in [-0.25, -0.2) is 0 Å². The van der Waals surface area contributed by atoms with Crippen molar-refractivity contribution in [1.82, 2.24) is 21.3 Å². The maximum Gasteiger partial charge on any atom is 0.311 e. The number of hydrogen-bond donors (Lipinski definition) is 4. The Morgan fingerprint density at radius 3 is 1.58 bits per heavy atom. The number of methoxy groups -OCH3 is 1. The van der Waals surface area contributed by atoms with Crippen LogP contribution in [0.1, 0.15) is 57.8 Å². The largest absolute Gasteiger partial charge is 0.469 e. The molecule has 3 aliphatic carbocycles. The second kappa shape index (κ2) is 14.1. The number of ether oxygens (including phenoxy) is 1. The molecule has 204 valence electrons. The summed E-state index contributed by atoms with van der Waals surface area (Å²) >= 11 is 0. The van der Waals surface area contributed by atoms with Gasteiger partial charge in [-0.3, -0.25) is 24.0 Å². The van der Waals surface area contributed by atoms with Crippen LogP contribution < -0.4 is 21.3 Å². The van der Waals surface area contributed by atoms with Crippen molar-refractivity contribution in [3.05, 3.63) is 0 Å². The van der Waals surface area contributed by atoms with E-state index < -0.39 is 16.9 Å². The molecule has 0 unspecified atom stereocenters. The molecule has 38 heavy (non-hydrogen) atoms. The summed E-state index contributed by atoms with van der Waals surface area (Å²) in [6.07, 6.45) is 17.8. The molecule has 3 aliphatic rings. The van der Waals surface area contributed by atoms with Gasteiger partial charge in [0.25, 0.3) is 0 Å². The van der Waals surface area contributed by atoms with E-state index in [2.05, 4.69) is 39.0 Å². The number of nitrogens with one attached hydrogen (secondary N) is 4. The van der Waals surface area contributed by atoms with E-state index in [0.717, 1.165) is 0 Å². The fourth-order valence-electron chi connectivity index (χ4n) is 5.45. The van der Waals surface area contributed by atoms with Gasteiger partial charge in [0, 0.05) is 30.7 Å². The molecule has 0 aromatic rings. The molecule has 0 aliphatic heterocycles. The van der Waals surface area contributed by atoms with Gasteiger partial charge in [-0.15, -0.1) is 19.3 Å². The predicted octanol–water partition coefficient (Wildman–Crippen LogP) is 0.0195. The van der Waals surface area contributed by atoms with Gasteiger partial charge >= 0.3 is 5.97 Å². The summed E-state index contributed by atoms with van der Waals surface area (Å²) in [4.78, 5) is 63.0. The third-order valence-corrected chi connectivity index (χ3v) is 7.48. The standard InChI is InChI=1S/C28H36N4O6/c1-5-14-29-22(33)8-11-28(12-9-23(34)30-15-6-2,13-10-24(35)31-16-7-3)32-25(36)21-19-27(26(37)38-4)17-20(21)18-27/h1-3,20-21H,8-19H2,4H3,(H,29,33)(H,30,34)(H,31,35)(H,32,36)/t20?,21-,27?/m0/s1. The lowest BCUT2D eigenvalue weighted by Crippen LogP contribution is -2.52. The van der Waals surface area contributed by atoms with E-state index in [1.54, 1.807) is 0 Å². The van der Waals surface area contributed by atoms with Crippen LogP contribution in [-0.2, 0) is 28.7 Å². The maximum absolute atomic E-state index is 13.6. The summed E-state index contributed by atoms with van der Waals surface area (Å²) in [5.41, 5.74) is -1.69. The summed E-state index contributed by atoms with van der Waals surface area (Å²) in [6, 6.07) is 0. The fraction of sp³-hybridized carbons (Fsp3) is 0.607. The van der Waals surface area contributed by atoms with Crippen LogP contribution in [0.4, 0.5) is 0 Å². The highest BCUT2D eigenvalue weighted by Gasteiger charge is 2.63. The van der Waals surface area contributed by atoms with Crippen molar-refractivity contribution >= 4 is 29.6 Å². The SMILES string of the molecule is C#CCNC(=O)CCC(CCC(=O)NCC#C)(CCC(=O)NCC#C)NC(=O)[C@H]1CC2(C(=O)OC)CC1C2. The summed E-state index contributed by atoms with van der Waals surface area (Å²) < 4.78 is 4.95. The van der Waals surface area contributed by atoms with Crippen LogP contribution in [0.2, 0.25) is 0 Å². The second-order valence-electron chi connectivity index (χ2n) is 9.96. The van der Waals surface area contributed by atoms with Gasteiger partial charge in [-0.2, -0.15) is 0 Å². The molecular weight excluding hydrogens is 488 g/mol. The van der Waals surface area contributed by atoms with Crippen molar-refractivity contribution in [2.75, 3.05) is 26.7 Å². The number of carbonyl (C=O) groups excluding carboxylic acids is 5. The maximum atomic E-state index is 13.6. The molecule has 10 nitrogen and oxygen atoms in total. The fourth-order valence-corrected chi connectivity index (χ4v) is 5.45. The highest BCUT2D eigenvalue weighted by atomic mass is 16.5. The van der Waals surface area contributed by atoms with Gasteiger partial charge in [0.05, 0.1) is 32.2 Å². The molecule has 2 bridgehead atoms. The molecule has 0 aromatic carbocycles. The van der Waals surface area contributed by atoms with E-state index in [1.165, 1.54) is 7.11 Å². The number of hydrogen-bond acceptors (Lipinski definition) is 6. The minimum atomic E-state index is -1.06.